The Morgan fingerprint density at radius 2 is 1.52 bits per heavy atom. The Morgan fingerprint density at radius 1 is 0.909 bits per heavy atom. The minimum Gasteiger partial charge on any atom is -0.484 e. The van der Waals surface area contributed by atoms with Crippen LogP contribution in [0.4, 0.5) is 10.5 Å². The van der Waals surface area contributed by atoms with Crippen molar-refractivity contribution in [3.63, 3.8) is 0 Å². The number of nitrogens with zero attached hydrogens (tertiary/aromatic N) is 3. The van der Waals surface area contributed by atoms with Crippen LogP contribution in [0.3, 0.4) is 0 Å². The first-order valence-corrected chi connectivity index (χ1v) is 12.3. The van der Waals surface area contributed by atoms with Crippen LogP contribution in [-0.4, -0.2) is 76.2 Å². The smallest absolute Gasteiger partial charge is 0.409 e. The van der Waals surface area contributed by atoms with E-state index in [1.807, 2.05) is 0 Å². The van der Waals surface area contributed by atoms with E-state index in [1.165, 1.54) is 4.31 Å². The highest BCUT2D eigenvalue weighted by Crippen LogP contribution is 2.25. The molecular formula is C23H29N3O6S. The van der Waals surface area contributed by atoms with Crippen molar-refractivity contribution in [1.29, 1.82) is 0 Å². The largest absolute Gasteiger partial charge is 0.484 e. The summed E-state index contributed by atoms with van der Waals surface area (Å²) in [6.07, 6.45) is -0.364. The molecule has 2 aromatic rings. The predicted octanol–water partition coefficient (Wildman–Crippen LogP) is 2.58. The number of carbonyl (C=O) groups excluding carboxylic acids is 2. The molecule has 3 rings (SSSR count). The number of amides is 2. The van der Waals surface area contributed by atoms with Gasteiger partial charge in [-0.2, -0.15) is 0 Å². The van der Waals surface area contributed by atoms with Gasteiger partial charge in [0.2, 0.25) is 0 Å². The van der Waals surface area contributed by atoms with Crippen LogP contribution in [0.25, 0.3) is 0 Å². The fourth-order valence-electron chi connectivity index (χ4n) is 3.51. The first-order chi connectivity index (χ1) is 15.9. The van der Waals surface area contributed by atoms with Crippen molar-refractivity contribution in [3.05, 3.63) is 54.6 Å². The van der Waals surface area contributed by atoms with Crippen LogP contribution in [0.1, 0.15) is 13.8 Å². The van der Waals surface area contributed by atoms with E-state index in [2.05, 4.69) is 0 Å². The van der Waals surface area contributed by atoms with Crippen molar-refractivity contribution in [2.75, 3.05) is 50.2 Å². The Morgan fingerprint density at radius 3 is 2.09 bits per heavy atom. The van der Waals surface area contributed by atoms with Gasteiger partial charge < -0.3 is 19.3 Å². The zero-order chi connectivity index (χ0) is 23.8. The monoisotopic (exact) mass is 475 g/mol. The van der Waals surface area contributed by atoms with Gasteiger partial charge in [-0.05, 0) is 50.2 Å². The number of piperazine rings is 1. The highest BCUT2D eigenvalue weighted by atomic mass is 32.2. The molecule has 9 nitrogen and oxygen atoms in total. The first-order valence-electron chi connectivity index (χ1n) is 10.9. The van der Waals surface area contributed by atoms with Crippen LogP contribution in [0.15, 0.2) is 59.5 Å². The van der Waals surface area contributed by atoms with Gasteiger partial charge in [0.15, 0.2) is 6.61 Å². The maximum absolute atomic E-state index is 13.0. The lowest BCUT2D eigenvalue weighted by atomic mass is 10.3. The quantitative estimate of drug-likeness (QED) is 0.582. The molecule has 178 valence electrons. The second-order valence-electron chi connectivity index (χ2n) is 7.33. The number of sulfonamides is 1. The standard InChI is InChI=1S/C23H29N3O6S/c1-3-26(33(29,30)21-8-6-5-7-9-21)19-10-12-20(13-11-19)32-18-22(27)24-14-16-25(17-15-24)23(28)31-4-2/h5-13H,3-4,14-18H2,1-2H3. The van der Waals surface area contributed by atoms with Crippen LogP contribution in [-0.2, 0) is 19.6 Å². The van der Waals surface area contributed by atoms with Crippen molar-refractivity contribution >= 4 is 27.7 Å². The molecule has 33 heavy (non-hydrogen) atoms. The lowest BCUT2D eigenvalue weighted by Gasteiger charge is -2.33. The molecule has 0 saturated carbocycles. The van der Waals surface area contributed by atoms with Crippen molar-refractivity contribution in [1.82, 2.24) is 9.80 Å². The summed E-state index contributed by atoms with van der Waals surface area (Å²) < 4.78 is 37.8. The van der Waals surface area contributed by atoms with Crippen LogP contribution < -0.4 is 9.04 Å². The number of hydrogen-bond donors (Lipinski definition) is 0. The topological polar surface area (TPSA) is 96.5 Å². The highest BCUT2D eigenvalue weighted by molar-refractivity contribution is 7.92. The lowest BCUT2D eigenvalue weighted by Crippen LogP contribution is -2.51. The van der Waals surface area contributed by atoms with E-state index >= 15 is 0 Å². The zero-order valence-electron chi connectivity index (χ0n) is 18.8. The van der Waals surface area contributed by atoms with Crippen molar-refractivity contribution in [2.45, 2.75) is 18.7 Å². The second kappa shape index (κ2) is 11.0. The molecule has 10 heteroatoms. The summed E-state index contributed by atoms with van der Waals surface area (Å²) in [6.45, 7) is 5.65. The molecule has 0 unspecified atom stereocenters. The normalized spacial score (nSPS) is 14.0. The van der Waals surface area contributed by atoms with E-state index in [4.69, 9.17) is 9.47 Å². The molecule has 0 bridgehead atoms. The molecule has 1 saturated heterocycles. The van der Waals surface area contributed by atoms with Gasteiger partial charge in [0.1, 0.15) is 5.75 Å². The Hall–Kier alpha value is -3.27. The Balaban J connectivity index is 1.55. The summed E-state index contributed by atoms with van der Waals surface area (Å²) in [7, 11) is -3.68. The maximum Gasteiger partial charge on any atom is 0.409 e. The van der Waals surface area contributed by atoms with Gasteiger partial charge in [-0.15, -0.1) is 0 Å². The average molecular weight is 476 g/mol. The lowest BCUT2D eigenvalue weighted by molar-refractivity contribution is -0.134. The minimum atomic E-state index is -3.68. The third-order valence-electron chi connectivity index (χ3n) is 5.26. The van der Waals surface area contributed by atoms with E-state index in [0.29, 0.717) is 44.2 Å². The maximum atomic E-state index is 13.0. The molecule has 0 aliphatic carbocycles. The highest BCUT2D eigenvalue weighted by Gasteiger charge is 2.25. The first kappa shape index (κ1) is 24.4. The fourth-order valence-corrected chi connectivity index (χ4v) is 5.00. The van der Waals surface area contributed by atoms with Crippen molar-refractivity contribution in [2.24, 2.45) is 0 Å². The number of carbonyl (C=O) groups is 2. The average Bonchev–Trinajstić information content (AvgIpc) is 2.84. The third-order valence-corrected chi connectivity index (χ3v) is 7.18. The summed E-state index contributed by atoms with van der Waals surface area (Å²) in [5.74, 6) is 0.287. The fraction of sp³-hybridized carbons (Fsp3) is 0.391. The van der Waals surface area contributed by atoms with Gasteiger partial charge >= 0.3 is 6.09 Å². The van der Waals surface area contributed by atoms with Crippen LogP contribution in [0, 0.1) is 0 Å². The number of benzene rings is 2. The van der Waals surface area contributed by atoms with E-state index in [-0.39, 0.29) is 30.0 Å². The molecular weight excluding hydrogens is 446 g/mol. The van der Waals surface area contributed by atoms with Crippen LogP contribution >= 0.6 is 0 Å². The zero-order valence-corrected chi connectivity index (χ0v) is 19.7. The van der Waals surface area contributed by atoms with E-state index in [1.54, 1.807) is 78.2 Å². The van der Waals surface area contributed by atoms with Gasteiger partial charge in [-0.25, -0.2) is 13.2 Å². The molecule has 1 heterocycles. The van der Waals surface area contributed by atoms with Crippen LogP contribution in [0.2, 0.25) is 0 Å². The molecule has 0 spiro atoms. The predicted molar refractivity (Wildman–Crippen MR) is 124 cm³/mol. The molecule has 1 fully saturated rings. The summed E-state index contributed by atoms with van der Waals surface area (Å²) in [4.78, 5) is 27.7. The second-order valence-corrected chi connectivity index (χ2v) is 9.19. The van der Waals surface area contributed by atoms with E-state index in [0.717, 1.165) is 0 Å². The van der Waals surface area contributed by atoms with Crippen LogP contribution in [0.5, 0.6) is 5.75 Å². The van der Waals surface area contributed by atoms with E-state index in [9.17, 15) is 18.0 Å². The summed E-state index contributed by atoms with van der Waals surface area (Å²) >= 11 is 0. The third kappa shape index (κ3) is 5.95. The van der Waals surface area contributed by atoms with Gasteiger partial charge in [0, 0.05) is 32.7 Å². The Kier molecular flexibility index (Phi) is 8.16. The van der Waals surface area contributed by atoms with Crippen molar-refractivity contribution in [3.8, 4) is 5.75 Å². The molecule has 2 aromatic carbocycles. The Labute approximate surface area is 194 Å². The molecule has 0 atom stereocenters. The van der Waals surface area contributed by atoms with Gasteiger partial charge in [-0.3, -0.25) is 9.10 Å². The SMILES string of the molecule is CCOC(=O)N1CCN(C(=O)COc2ccc(N(CC)S(=O)(=O)c3ccccc3)cc2)CC1. The van der Waals surface area contributed by atoms with Gasteiger partial charge in [0.05, 0.1) is 17.2 Å². The Bertz CT molecular complexity index is 1040. The molecule has 1 aliphatic heterocycles. The molecule has 0 N–H and O–H groups in total. The molecule has 0 aromatic heterocycles. The molecule has 2 amide bonds. The molecule has 0 radical (unpaired) electrons. The summed E-state index contributed by atoms with van der Waals surface area (Å²) in [5.41, 5.74) is 0.509. The van der Waals surface area contributed by atoms with Gasteiger partial charge in [-0.1, -0.05) is 18.2 Å². The number of rotatable bonds is 8. The molecule has 1 aliphatic rings. The minimum absolute atomic E-state index is 0.140. The summed E-state index contributed by atoms with van der Waals surface area (Å²) in [5, 5.41) is 0. The van der Waals surface area contributed by atoms with Crippen molar-refractivity contribution < 1.29 is 27.5 Å². The number of hydrogen-bond acceptors (Lipinski definition) is 6. The summed E-state index contributed by atoms with van der Waals surface area (Å²) in [6, 6.07) is 14.9. The number of anilines is 1. The number of ether oxygens (including phenoxy) is 2. The van der Waals surface area contributed by atoms with Gasteiger partial charge in [0.25, 0.3) is 15.9 Å². The van der Waals surface area contributed by atoms with E-state index < -0.39 is 10.0 Å².